The van der Waals surface area contributed by atoms with Crippen molar-refractivity contribution >= 4 is 23.4 Å². The average Bonchev–Trinajstić information content (AvgIpc) is 3.04. The third kappa shape index (κ3) is 6.54. The number of aryl methyl sites for hydroxylation is 1. The summed E-state index contributed by atoms with van der Waals surface area (Å²) in [6.45, 7) is 2.15. The van der Waals surface area contributed by atoms with Crippen LogP contribution in [0.15, 0.2) is 48.5 Å². The Balaban J connectivity index is 1.92. The van der Waals surface area contributed by atoms with Crippen molar-refractivity contribution in [3.05, 3.63) is 71.0 Å². The normalized spacial score (nSPS) is 15.7. The largest absolute Gasteiger partial charge is 0.351 e. The molecule has 166 valence electrons. The van der Waals surface area contributed by atoms with Crippen molar-refractivity contribution in [2.45, 2.75) is 64.1 Å². The molecule has 1 aliphatic rings. The van der Waals surface area contributed by atoms with Gasteiger partial charge in [-0.3, -0.25) is 9.59 Å². The van der Waals surface area contributed by atoms with Gasteiger partial charge in [-0.25, -0.2) is 4.39 Å². The highest BCUT2D eigenvalue weighted by Crippen LogP contribution is 2.26. The van der Waals surface area contributed by atoms with E-state index in [2.05, 4.69) is 5.32 Å². The molecule has 1 fully saturated rings. The molecule has 2 amide bonds. The van der Waals surface area contributed by atoms with Gasteiger partial charge in [-0.15, -0.1) is 11.6 Å². The lowest BCUT2D eigenvalue weighted by Gasteiger charge is -2.32. The SMILES string of the molecule is Cc1ccc([C@@H](C(=O)NC2CCCCCC2)N(Cc2ccc(F)cc2)C(=O)CCl)cc1. The Kier molecular flexibility index (Phi) is 8.47. The minimum absolute atomic E-state index is 0.113. The van der Waals surface area contributed by atoms with Gasteiger partial charge in [-0.05, 0) is 43.0 Å². The van der Waals surface area contributed by atoms with E-state index >= 15 is 0 Å². The molecule has 31 heavy (non-hydrogen) atoms. The molecule has 1 saturated carbocycles. The van der Waals surface area contributed by atoms with Crippen LogP contribution in [0.2, 0.25) is 0 Å². The van der Waals surface area contributed by atoms with E-state index in [-0.39, 0.29) is 36.1 Å². The van der Waals surface area contributed by atoms with Crippen molar-refractivity contribution in [3.63, 3.8) is 0 Å². The first-order chi connectivity index (χ1) is 15.0. The molecule has 0 spiro atoms. The fourth-order valence-electron chi connectivity index (χ4n) is 4.11. The molecular formula is C25H30ClFN2O2. The highest BCUT2D eigenvalue weighted by atomic mass is 35.5. The van der Waals surface area contributed by atoms with Crippen LogP contribution in [0.5, 0.6) is 0 Å². The van der Waals surface area contributed by atoms with Gasteiger partial charge in [0.2, 0.25) is 11.8 Å². The lowest BCUT2D eigenvalue weighted by atomic mass is 10.0. The van der Waals surface area contributed by atoms with Gasteiger partial charge in [0.25, 0.3) is 0 Å². The molecule has 4 nitrogen and oxygen atoms in total. The summed E-state index contributed by atoms with van der Waals surface area (Å²) >= 11 is 5.93. The molecule has 0 aromatic heterocycles. The van der Waals surface area contributed by atoms with E-state index in [0.717, 1.165) is 42.4 Å². The number of hydrogen-bond donors (Lipinski definition) is 1. The maximum atomic E-state index is 13.5. The number of halogens is 2. The predicted octanol–water partition coefficient (Wildman–Crippen LogP) is 5.28. The summed E-state index contributed by atoms with van der Waals surface area (Å²) in [5.74, 6) is -1.12. The fourth-order valence-corrected chi connectivity index (χ4v) is 4.27. The first-order valence-electron chi connectivity index (χ1n) is 10.9. The monoisotopic (exact) mass is 444 g/mol. The quantitative estimate of drug-likeness (QED) is 0.466. The van der Waals surface area contributed by atoms with Crippen LogP contribution in [0.1, 0.15) is 61.3 Å². The number of rotatable bonds is 7. The molecule has 2 aromatic carbocycles. The Bertz CT molecular complexity index is 862. The third-order valence-corrected chi connectivity index (χ3v) is 6.08. The molecule has 0 saturated heterocycles. The zero-order valence-corrected chi connectivity index (χ0v) is 18.7. The lowest BCUT2D eigenvalue weighted by molar-refractivity contribution is -0.140. The average molecular weight is 445 g/mol. The summed E-state index contributed by atoms with van der Waals surface area (Å²) in [7, 11) is 0. The van der Waals surface area contributed by atoms with E-state index in [9.17, 15) is 14.0 Å². The molecule has 0 radical (unpaired) electrons. The molecule has 6 heteroatoms. The number of alkyl halides is 1. The molecule has 0 unspecified atom stereocenters. The van der Waals surface area contributed by atoms with Crippen molar-refractivity contribution in [2.75, 3.05) is 5.88 Å². The lowest BCUT2D eigenvalue weighted by Crippen LogP contribution is -2.46. The van der Waals surface area contributed by atoms with Gasteiger partial charge in [0.15, 0.2) is 0 Å². The smallest absolute Gasteiger partial charge is 0.247 e. The van der Waals surface area contributed by atoms with Crippen LogP contribution >= 0.6 is 11.6 Å². The van der Waals surface area contributed by atoms with Crippen LogP contribution < -0.4 is 5.32 Å². The zero-order chi connectivity index (χ0) is 22.2. The number of nitrogens with one attached hydrogen (secondary N) is 1. The first kappa shape index (κ1) is 23.3. The van der Waals surface area contributed by atoms with Crippen molar-refractivity contribution in [3.8, 4) is 0 Å². The second-order valence-corrected chi connectivity index (χ2v) is 8.56. The van der Waals surface area contributed by atoms with E-state index in [4.69, 9.17) is 11.6 Å². The van der Waals surface area contributed by atoms with Crippen LogP contribution in [-0.2, 0) is 16.1 Å². The van der Waals surface area contributed by atoms with Crippen LogP contribution in [0, 0.1) is 12.7 Å². The van der Waals surface area contributed by atoms with Crippen LogP contribution in [-0.4, -0.2) is 28.6 Å². The minimum Gasteiger partial charge on any atom is -0.351 e. The van der Waals surface area contributed by atoms with Gasteiger partial charge in [0.1, 0.15) is 17.7 Å². The van der Waals surface area contributed by atoms with Crippen LogP contribution in [0.4, 0.5) is 4.39 Å². The topological polar surface area (TPSA) is 49.4 Å². The van der Waals surface area contributed by atoms with E-state index in [1.165, 1.54) is 29.9 Å². The Labute approximate surface area is 188 Å². The van der Waals surface area contributed by atoms with Crippen molar-refractivity contribution in [1.29, 1.82) is 0 Å². The van der Waals surface area contributed by atoms with Gasteiger partial charge in [-0.1, -0.05) is 67.6 Å². The molecule has 0 bridgehead atoms. The molecule has 0 heterocycles. The summed E-state index contributed by atoms with van der Waals surface area (Å²) in [6.07, 6.45) is 6.48. The van der Waals surface area contributed by atoms with Crippen LogP contribution in [0.25, 0.3) is 0 Å². The maximum absolute atomic E-state index is 13.5. The summed E-state index contributed by atoms with van der Waals surface area (Å²) in [4.78, 5) is 27.9. The predicted molar refractivity (Wildman–Crippen MR) is 121 cm³/mol. The van der Waals surface area contributed by atoms with Crippen LogP contribution in [0.3, 0.4) is 0 Å². The summed E-state index contributed by atoms with van der Waals surface area (Å²) < 4.78 is 13.4. The zero-order valence-electron chi connectivity index (χ0n) is 17.9. The van der Waals surface area contributed by atoms with E-state index < -0.39 is 6.04 Å². The van der Waals surface area contributed by atoms with E-state index in [1.807, 2.05) is 31.2 Å². The van der Waals surface area contributed by atoms with Crippen molar-refractivity contribution in [2.24, 2.45) is 0 Å². The molecule has 1 atom stereocenters. The summed E-state index contributed by atoms with van der Waals surface area (Å²) in [5, 5.41) is 3.19. The highest BCUT2D eigenvalue weighted by Gasteiger charge is 2.32. The number of benzene rings is 2. The van der Waals surface area contributed by atoms with Crippen molar-refractivity contribution < 1.29 is 14.0 Å². The summed E-state index contributed by atoms with van der Waals surface area (Å²) in [5.41, 5.74) is 2.54. The minimum atomic E-state index is -0.805. The second-order valence-electron chi connectivity index (χ2n) is 8.29. The fraction of sp³-hybridized carbons (Fsp3) is 0.440. The molecule has 1 N–H and O–H groups in total. The second kappa shape index (κ2) is 11.3. The molecule has 0 aliphatic heterocycles. The summed E-state index contributed by atoms with van der Waals surface area (Å²) in [6, 6.07) is 12.9. The number of nitrogens with zero attached hydrogens (tertiary/aromatic N) is 1. The van der Waals surface area contributed by atoms with Gasteiger partial charge in [0.05, 0.1) is 0 Å². The Morgan fingerprint density at radius 2 is 1.65 bits per heavy atom. The molecule has 1 aliphatic carbocycles. The Morgan fingerprint density at radius 3 is 2.23 bits per heavy atom. The highest BCUT2D eigenvalue weighted by molar-refractivity contribution is 6.27. The van der Waals surface area contributed by atoms with Crippen molar-refractivity contribution in [1.82, 2.24) is 10.2 Å². The molecular weight excluding hydrogens is 415 g/mol. The van der Waals surface area contributed by atoms with Gasteiger partial charge < -0.3 is 10.2 Å². The third-order valence-electron chi connectivity index (χ3n) is 5.86. The number of carbonyl (C=O) groups excluding carboxylic acids is 2. The van der Waals surface area contributed by atoms with Gasteiger partial charge in [0, 0.05) is 12.6 Å². The maximum Gasteiger partial charge on any atom is 0.247 e. The molecule has 3 rings (SSSR count). The van der Waals surface area contributed by atoms with E-state index in [0.29, 0.717) is 0 Å². The molecule has 2 aromatic rings. The number of amides is 2. The standard InChI is InChI=1S/C25H30ClFN2O2/c1-18-8-12-20(13-9-18)24(25(31)28-22-6-4-2-3-5-7-22)29(23(30)16-26)17-19-10-14-21(27)15-11-19/h8-15,22,24H,2-7,16-17H2,1H3,(H,28,31)/t24-/m0/s1. The number of hydrogen-bond acceptors (Lipinski definition) is 2. The van der Waals surface area contributed by atoms with Gasteiger partial charge >= 0.3 is 0 Å². The van der Waals surface area contributed by atoms with Gasteiger partial charge in [-0.2, -0.15) is 0 Å². The Morgan fingerprint density at radius 1 is 1.03 bits per heavy atom. The first-order valence-corrected chi connectivity index (χ1v) is 11.5. The Hall–Kier alpha value is -2.40. The van der Waals surface area contributed by atoms with E-state index in [1.54, 1.807) is 12.1 Å². The number of carbonyl (C=O) groups is 2.